The van der Waals surface area contributed by atoms with Crippen LogP contribution in [0.3, 0.4) is 0 Å². The first kappa shape index (κ1) is 15.7. The van der Waals surface area contributed by atoms with E-state index in [-0.39, 0.29) is 18.7 Å². The first-order chi connectivity index (χ1) is 9.70. The van der Waals surface area contributed by atoms with Gasteiger partial charge in [0.05, 0.1) is 11.8 Å². The van der Waals surface area contributed by atoms with E-state index >= 15 is 0 Å². The molecule has 0 aliphatic carbocycles. The minimum atomic E-state index is -4.64. The summed E-state index contributed by atoms with van der Waals surface area (Å²) >= 11 is 0. The third kappa shape index (κ3) is 3.31. The van der Waals surface area contributed by atoms with Gasteiger partial charge in [-0.15, -0.1) is 0 Å². The zero-order valence-electron chi connectivity index (χ0n) is 10.7. The van der Waals surface area contributed by atoms with Crippen LogP contribution in [0.2, 0.25) is 0 Å². The largest absolute Gasteiger partial charge is 0.481 e. The molecule has 116 valence electrons. The lowest BCUT2D eigenvalue weighted by atomic mass is 9.96. The summed E-state index contributed by atoms with van der Waals surface area (Å²) in [4.78, 5) is 12.1. The van der Waals surface area contributed by atoms with Gasteiger partial charge in [-0.3, -0.25) is 9.69 Å². The fraction of sp³-hybridized carbons (Fsp3) is 0.462. The maximum Gasteiger partial charge on any atom is 0.393 e. The van der Waals surface area contributed by atoms with E-state index in [0.29, 0.717) is 0 Å². The quantitative estimate of drug-likeness (QED) is 0.873. The SMILES string of the molecule is O=C(O)[C@@H]1CN(Cc2cccc(F)c2F)C[C@H]1C(F)(F)F. The van der Waals surface area contributed by atoms with Gasteiger partial charge in [0.1, 0.15) is 0 Å². The molecule has 0 amide bonds. The average Bonchev–Trinajstić information content (AvgIpc) is 2.79. The number of nitrogens with zero attached hydrogens (tertiary/aromatic N) is 1. The molecule has 0 aromatic heterocycles. The third-order valence-electron chi connectivity index (χ3n) is 3.56. The lowest BCUT2D eigenvalue weighted by Crippen LogP contribution is -2.33. The number of aliphatic carboxylic acids is 1. The minimum Gasteiger partial charge on any atom is -0.481 e. The average molecular weight is 309 g/mol. The zero-order chi connectivity index (χ0) is 15.8. The second-order valence-electron chi connectivity index (χ2n) is 5.00. The number of carbonyl (C=O) groups is 1. The first-order valence-corrected chi connectivity index (χ1v) is 6.15. The number of alkyl halides is 3. The Kier molecular flexibility index (Phi) is 4.18. The number of carboxylic acids is 1. The van der Waals surface area contributed by atoms with Crippen molar-refractivity contribution >= 4 is 5.97 Å². The van der Waals surface area contributed by atoms with Gasteiger partial charge in [-0.05, 0) is 6.07 Å². The van der Waals surface area contributed by atoms with Gasteiger partial charge < -0.3 is 5.11 Å². The van der Waals surface area contributed by atoms with E-state index in [4.69, 9.17) is 5.11 Å². The van der Waals surface area contributed by atoms with E-state index in [9.17, 15) is 26.7 Å². The number of hydrogen-bond acceptors (Lipinski definition) is 2. The molecule has 1 saturated heterocycles. The van der Waals surface area contributed by atoms with Crippen LogP contribution >= 0.6 is 0 Å². The molecule has 1 aliphatic rings. The number of rotatable bonds is 3. The fourth-order valence-electron chi connectivity index (χ4n) is 2.51. The fourth-order valence-corrected chi connectivity index (χ4v) is 2.51. The summed E-state index contributed by atoms with van der Waals surface area (Å²) in [6.07, 6.45) is -4.64. The molecule has 1 fully saturated rings. The molecule has 1 heterocycles. The number of hydrogen-bond donors (Lipinski definition) is 1. The van der Waals surface area contributed by atoms with Crippen LogP contribution in [-0.4, -0.2) is 35.2 Å². The van der Waals surface area contributed by atoms with Crippen LogP contribution in [0.5, 0.6) is 0 Å². The minimum absolute atomic E-state index is 0.0954. The predicted octanol–water partition coefficient (Wildman–Crippen LogP) is 2.66. The molecular weight excluding hydrogens is 297 g/mol. The van der Waals surface area contributed by atoms with E-state index < -0.39 is 42.2 Å². The Hall–Kier alpha value is -1.70. The summed E-state index contributed by atoms with van der Waals surface area (Å²) in [7, 11) is 0. The molecule has 0 saturated carbocycles. The maximum absolute atomic E-state index is 13.5. The van der Waals surface area contributed by atoms with Crippen molar-refractivity contribution in [3.63, 3.8) is 0 Å². The van der Waals surface area contributed by atoms with Crippen LogP contribution in [0, 0.1) is 23.5 Å². The van der Waals surface area contributed by atoms with E-state index in [1.807, 2.05) is 0 Å². The third-order valence-corrected chi connectivity index (χ3v) is 3.56. The molecule has 1 aromatic carbocycles. The van der Waals surface area contributed by atoms with E-state index in [2.05, 4.69) is 0 Å². The van der Waals surface area contributed by atoms with Gasteiger partial charge in [-0.1, -0.05) is 12.1 Å². The van der Waals surface area contributed by atoms with Gasteiger partial charge in [-0.25, -0.2) is 8.78 Å². The van der Waals surface area contributed by atoms with Crippen LogP contribution in [0.25, 0.3) is 0 Å². The summed E-state index contributed by atoms with van der Waals surface area (Å²) in [6.45, 7) is -1.16. The van der Waals surface area contributed by atoms with E-state index in [1.165, 1.54) is 17.0 Å². The number of carboxylic acid groups (broad SMARTS) is 1. The van der Waals surface area contributed by atoms with Gasteiger partial charge in [0, 0.05) is 25.2 Å². The van der Waals surface area contributed by atoms with Gasteiger partial charge in [0.2, 0.25) is 0 Å². The standard InChI is InChI=1S/C13H12F5NO2/c14-10-3-1-2-7(11(10)15)4-19-5-8(12(20)21)9(6-19)13(16,17)18/h1-3,8-9H,4-6H2,(H,20,21)/t8-,9-/m1/s1. The molecule has 2 atom stereocenters. The number of likely N-dealkylation sites (tertiary alicyclic amines) is 1. The van der Waals surface area contributed by atoms with Gasteiger partial charge >= 0.3 is 12.1 Å². The Bertz CT molecular complexity index is 546. The van der Waals surface area contributed by atoms with Crippen molar-refractivity contribution in [2.45, 2.75) is 12.7 Å². The van der Waals surface area contributed by atoms with Crippen molar-refractivity contribution in [3.8, 4) is 0 Å². The maximum atomic E-state index is 13.5. The van der Waals surface area contributed by atoms with Crippen molar-refractivity contribution in [1.82, 2.24) is 4.90 Å². The molecule has 1 aromatic rings. The molecular formula is C13H12F5NO2. The smallest absolute Gasteiger partial charge is 0.393 e. The van der Waals surface area contributed by atoms with Crippen LogP contribution < -0.4 is 0 Å². The highest BCUT2D eigenvalue weighted by Gasteiger charge is 2.52. The number of halogens is 5. The van der Waals surface area contributed by atoms with Crippen LogP contribution in [0.4, 0.5) is 22.0 Å². The molecule has 2 rings (SSSR count). The van der Waals surface area contributed by atoms with Crippen molar-refractivity contribution < 1.29 is 31.9 Å². The highest BCUT2D eigenvalue weighted by atomic mass is 19.4. The molecule has 0 unspecified atom stereocenters. The van der Waals surface area contributed by atoms with Crippen molar-refractivity contribution in [1.29, 1.82) is 0 Å². The summed E-state index contributed by atoms with van der Waals surface area (Å²) < 4.78 is 65.0. The highest BCUT2D eigenvalue weighted by molar-refractivity contribution is 5.71. The molecule has 1 aliphatic heterocycles. The normalized spacial score (nSPS) is 23.5. The summed E-state index contributed by atoms with van der Waals surface area (Å²) in [5.74, 6) is -7.36. The van der Waals surface area contributed by atoms with Crippen molar-refractivity contribution in [2.24, 2.45) is 11.8 Å². The summed E-state index contributed by atoms with van der Waals surface area (Å²) in [5.41, 5.74) is -0.0954. The summed E-state index contributed by atoms with van der Waals surface area (Å²) in [6, 6.07) is 3.41. The Balaban J connectivity index is 2.16. The molecule has 8 heteroatoms. The molecule has 0 spiro atoms. The predicted molar refractivity (Wildman–Crippen MR) is 62.3 cm³/mol. The van der Waals surface area contributed by atoms with E-state index in [1.54, 1.807) is 0 Å². The first-order valence-electron chi connectivity index (χ1n) is 6.15. The summed E-state index contributed by atoms with van der Waals surface area (Å²) in [5, 5.41) is 8.87. The van der Waals surface area contributed by atoms with Crippen LogP contribution in [0.15, 0.2) is 18.2 Å². The van der Waals surface area contributed by atoms with Gasteiger partial charge in [0.15, 0.2) is 11.6 Å². The molecule has 21 heavy (non-hydrogen) atoms. The molecule has 1 N–H and O–H groups in total. The van der Waals surface area contributed by atoms with Crippen molar-refractivity contribution in [3.05, 3.63) is 35.4 Å². The lowest BCUT2D eigenvalue weighted by Gasteiger charge is -2.18. The molecule has 0 bridgehead atoms. The Labute approximate surface area is 117 Å². The Morgan fingerprint density at radius 2 is 1.95 bits per heavy atom. The lowest BCUT2D eigenvalue weighted by molar-refractivity contribution is -0.188. The Morgan fingerprint density at radius 3 is 2.48 bits per heavy atom. The van der Waals surface area contributed by atoms with E-state index in [0.717, 1.165) is 6.07 Å². The highest BCUT2D eigenvalue weighted by Crippen LogP contribution is 2.38. The van der Waals surface area contributed by atoms with Crippen molar-refractivity contribution in [2.75, 3.05) is 13.1 Å². The van der Waals surface area contributed by atoms with Crippen LogP contribution in [0.1, 0.15) is 5.56 Å². The second-order valence-corrected chi connectivity index (χ2v) is 5.00. The second kappa shape index (κ2) is 5.59. The molecule has 0 radical (unpaired) electrons. The van der Waals surface area contributed by atoms with Gasteiger partial charge in [0.25, 0.3) is 0 Å². The van der Waals surface area contributed by atoms with Crippen LogP contribution in [-0.2, 0) is 11.3 Å². The number of benzene rings is 1. The monoisotopic (exact) mass is 309 g/mol. The Morgan fingerprint density at radius 1 is 1.29 bits per heavy atom. The van der Waals surface area contributed by atoms with Gasteiger partial charge in [-0.2, -0.15) is 13.2 Å². The topological polar surface area (TPSA) is 40.5 Å². The molecule has 3 nitrogen and oxygen atoms in total. The zero-order valence-corrected chi connectivity index (χ0v) is 10.7.